The second kappa shape index (κ2) is 15.0. The summed E-state index contributed by atoms with van der Waals surface area (Å²) in [4.78, 5) is 10.8. The van der Waals surface area contributed by atoms with Gasteiger partial charge in [-0.3, -0.25) is 4.68 Å². The minimum Gasteiger partial charge on any atom is -0.480 e. The number of carbonyl (C=O) groups is 1. The molecule has 2 heterocycles. The van der Waals surface area contributed by atoms with E-state index in [1.54, 1.807) is 0 Å². The summed E-state index contributed by atoms with van der Waals surface area (Å²) in [6, 6.07) is 19.3. The first-order valence-corrected chi connectivity index (χ1v) is 15.9. The molecule has 8 heteroatoms. The maximum absolute atomic E-state index is 10.8. The van der Waals surface area contributed by atoms with Crippen LogP contribution in [-0.2, 0) is 25.5 Å². The quantitative estimate of drug-likeness (QED) is 0.172. The van der Waals surface area contributed by atoms with Crippen LogP contribution in [0.1, 0.15) is 50.5 Å². The van der Waals surface area contributed by atoms with Crippen LogP contribution in [0.5, 0.6) is 0 Å². The Morgan fingerprint density at radius 2 is 1.76 bits per heavy atom. The van der Waals surface area contributed by atoms with Crippen LogP contribution in [0.3, 0.4) is 0 Å². The Balaban J connectivity index is 1.36. The zero-order chi connectivity index (χ0) is 28.4. The molecule has 1 unspecified atom stereocenters. The van der Waals surface area contributed by atoms with Crippen molar-refractivity contribution in [2.75, 3.05) is 32.2 Å². The van der Waals surface area contributed by atoms with Crippen molar-refractivity contribution in [1.29, 1.82) is 0 Å². The Hall–Kier alpha value is -2.65. The van der Waals surface area contributed by atoms with E-state index in [0.29, 0.717) is 25.0 Å². The lowest BCUT2D eigenvalue weighted by atomic mass is 9.82. The Morgan fingerprint density at radius 3 is 2.46 bits per heavy atom. The molecule has 1 N–H and O–H groups in total. The van der Waals surface area contributed by atoms with Crippen LogP contribution >= 0.6 is 11.8 Å². The van der Waals surface area contributed by atoms with E-state index in [1.807, 2.05) is 11.8 Å². The number of hydrogen-bond acceptors (Lipinski definition) is 6. The van der Waals surface area contributed by atoms with Crippen LogP contribution in [0.25, 0.3) is 22.4 Å². The molecule has 1 aliphatic heterocycles. The number of nitrogens with zero attached hydrogens (tertiary/aromatic N) is 2. The van der Waals surface area contributed by atoms with Gasteiger partial charge in [0.15, 0.2) is 6.29 Å². The van der Waals surface area contributed by atoms with Gasteiger partial charge in [-0.15, -0.1) is 11.8 Å². The van der Waals surface area contributed by atoms with Crippen molar-refractivity contribution in [3.8, 4) is 22.4 Å². The number of aryl methyl sites for hydroxylation is 1. The molecule has 7 nitrogen and oxygen atoms in total. The van der Waals surface area contributed by atoms with Gasteiger partial charge in [0.1, 0.15) is 17.3 Å². The predicted octanol–water partition coefficient (Wildman–Crippen LogP) is 7.07. The van der Waals surface area contributed by atoms with Gasteiger partial charge in [0.05, 0.1) is 13.2 Å². The first-order valence-electron chi connectivity index (χ1n) is 15.0. The zero-order valence-corrected chi connectivity index (χ0v) is 24.8. The molecule has 2 fully saturated rings. The fraction of sp³-hybridized carbons (Fsp3) is 0.515. The average molecular weight is 579 g/mol. The van der Waals surface area contributed by atoms with Gasteiger partial charge in [-0.1, -0.05) is 60.2 Å². The van der Waals surface area contributed by atoms with Crippen molar-refractivity contribution in [2.24, 2.45) is 11.8 Å². The number of thioether (sulfide) groups is 1. The first kappa shape index (κ1) is 29.8. The molecule has 2 aliphatic rings. The molecule has 1 saturated carbocycles. The van der Waals surface area contributed by atoms with Crippen LogP contribution in [0.2, 0.25) is 0 Å². The number of aliphatic carboxylic acids is 1. The predicted molar refractivity (Wildman–Crippen MR) is 162 cm³/mol. The summed E-state index contributed by atoms with van der Waals surface area (Å²) in [6.45, 7) is 4.72. The zero-order valence-electron chi connectivity index (χ0n) is 24.0. The molecule has 0 spiro atoms. The van der Waals surface area contributed by atoms with Gasteiger partial charge in [0, 0.05) is 30.0 Å². The maximum atomic E-state index is 10.8. The third-order valence-corrected chi connectivity index (χ3v) is 9.09. The summed E-state index contributed by atoms with van der Waals surface area (Å²) in [5.74, 6) is 0.870. The number of carboxylic acids is 1. The van der Waals surface area contributed by atoms with E-state index >= 15 is 0 Å². The molecule has 0 radical (unpaired) electrons. The molecule has 1 aliphatic carbocycles. The molecule has 0 bridgehead atoms. The highest BCUT2D eigenvalue weighted by Gasteiger charge is 2.26. The van der Waals surface area contributed by atoms with E-state index in [4.69, 9.17) is 24.4 Å². The molecule has 1 atom stereocenters. The van der Waals surface area contributed by atoms with Crippen molar-refractivity contribution in [2.45, 2.75) is 69.7 Å². The van der Waals surface area contributed by atoms with Gasteiger partial charge in [0.25, 0.3) is 0 Å². The van der Waals surface area contributed by atoms with E-state index in [1.165, 1.54) is 21.7 Å². The molecule has 3 aromatic rings. The number of hydrogen-bond donors (Lipinski definition) is 1. The van der Waals surface area contributed by atoms with E-state index in [-0.39, 0.29) is 12.9 Å². The van der Waals surface area contributed by atoms with E-state index < -0.39 is 5.97 Å². The maximum Gasteiger partial charge on any atom is 0.329 e. The highest BCUT2D eigenvalue weighted by Crippen LogP contribution is 2.41. The van der Waals surface area contributed by atoms with Crippen molar-refractivity contribution in [3.63, 3.8) is 0 Å². The number of carboxylic acid groups (broad SMARTS) is 1. The summed E-state index contributed by atoms with van der Waals surface area (Å²) in [7, 11) is 0. The molecule has 1 aromatic heterocycles. The second-order valence-corrected chi connectivity index (χ2v) is 12.3. The highest BCUT2D eigenvalue weighted by atomic mass is 32.2. The lowest BCUT2D eigenvalue weighted by Crippen LogP contribution is -2.24. The number of rotatable bonds is 13. The highest BCUT2D eigenvalue weighted by molar-refractivity contribution is 7.99. The summed E-state index contributed by atoms with van der Waals surface area (Å²) >= 11 is 1.82. The van der Waals surface area contributed by atoms with Crippen LogP contribution in [0.15, 0.2) is 59.6 Å². The second-order valence-electron chi connectivity index (χ2n) is 11.3. The fourth-order valence-electron chi connectivity index (χ4n) is 5.79. The number of aromatic nitrogens is 2. The number of benzene rings is 2. The Bertz CT molecular complexity index is 1230. The van der Waals surface area contributed by atoms with E-state index in [9.17, 15) is 4.79 Å². The smallest absolute Gasteiger partial charge is 0.329 e. The van der Waals surface area contributed by atoms with Crippen LogP contribution in [-0.4, -0.2) is 59.3 Å². The Labute approximate surface area is 247 Å². The summed E-state index contributed by atoms with van der Waals surface area (Å²) in [5, 5.41) is 15.3. The minimum atomic E-state index is -0.905. The van der Waals surface area contributed by atoms with Crippen LogP contribution in [0, 0.1) is 18.8 Å². The largest absolute Gasteiger partial charge is 0.480 e. The minimum absolute atomic E-state index is 0.0827. The average Bonchev–Trinajstić information content (AvgIpc) is 3.35. The molecule has 41 heavy (non-hydrogen) atoms. The topological polar surface area (TPSA) is 82.8 Å². The van der Waals surface area contributed by atoms with Gasteiger partial charge < -0.3 is 19.3 Å². The Morgan fingerprint density at radius 1 is 1.00 bits per heavy atom. The van der Waals surface area contributed by atoms with Gasteiger partial charge >= 0.3 is 5.97 Å². The van der Waals surface area contributed by atoms with Gasteiger partial charge in [-0.2, -0.15) is 5.10 Å². The lowest BCUT2D eigenvalue weighted by Gasteiger charge is -2.28. The van der Waals surface area contributed by atoms with Crippen molar-refractivity contribution in [1.82, 2.24) is 9.78 Å². The van der Waals surface area contributed by atoms with Gasteiger partial charge in [0.2, 0.25) is 0 Å². The van der Waals surface area contributed by atoms with Crippen molar-refractivity contribution >= 4 is 17.7 Å². The SMILES string of the molecule is Cc1ccc(-c2nn(C[C@H]3CC[C@H](COCC(=O)O)CC3)c(SCCOC3CCCCO3)c2-c2ccccc2)cc1. The third-order valence-electron chi connectivity index (χ3n) is 8.03. The van der Waals surface area contributed by atoms with E-state index in [2.05, 4.69) is 66.2 Å². The summed E-state index contributed by atoms with van der Waals surface area (Å²) in [5.41, 5.74) is 5.74. The molecule has 5 rings (SSSR count). The third kappa shape index (κ3) is 8.44. The van der Waals surface area contributed by atoms with Gasteiger partial charge in [-0.25, -0.2) is 4.79 Å². The molecule has 220 valence electrons. The standard InChI is InChI=1S/C33H42N2O5S/c1-24-10-16-28(17-11-24)32-31(27-7-3-2-4-8-27)33(41-20-19-40-30-9-5-6-18-39-30)35(34-32)21-25-12-14-26(15-13-25)22-38-23-29(36)37/h2-4,7-8,10-11,16-17,25-26,30H,5-6,9,12-15,18-23H2,1H3,(H,36,37)/t25-,26-,30?. The van der Waals surface area contributed by atoms with Crippen molar-refractivity contribution < 1.29 is 24.1 Å². The summed E-state index contributed by atoms with van der Waals surface area (Å²) < 4.78 is 19.5. The molecular formula is C33H42N2O5S. The molecule has 2 aromatic carbocycles. The lowest BCUT2D eigenvalue weighted by molar-refractivity contribution is -0.158. The van der Waals surface area contributed by atoms with E-state index in [0.717, 1.165) is 75.1 Å². The monoisotopic (exact) mass is 578 g/mol. The van der Waals surface area contributed by atoms with Crippen LogP contribution < -0.4 is 0 Å². The molecular weight excluding hydrogens is 536 g/mol. The van der Waals surface area contributed by atoms with Gasteiger partial charge in [-0.05, 0) is 69.3 Å². The molecule has 0 amide bonds. The Kier molecular flexibility index (Phi) is 10.9. The van der Waals surface area contributed by atoms with Crippen LogP contribution in [0.4, 0.5) is 0 Å². The fourth-order valence-corrected chi connectivity index (χ4v) is 6.79. The first-order chi connectivity index (χ1) is 20.1. The number of ether oxygens (including phenoxy) is 3. The summed E-state index contributed by atoms with van der Waals surface area (Å²) in [6.07, 6.45) is 7.46. The molecule has 1 saturated heterocycles. The normalized spacial score (nSPS) is 21.1. The van der Waals surface area contributed by atoms with Crippen molar-refractivity contribution in [3.05, 3.63) is 60.2 Å².